The molecule has 0 saturated carbocycles. The van der Waals surface area contributed by atoms with Crippen LogP contribution in [0.15, 0.2) is 60.8 Å². The molecule has 4 rings (SSSR count). The maximum atomic E-state index is 12.7. The molecule has 30 heavy (non-hydrogen) atoms. The molecule has 1 amide bonds. The van der Waals surface area contributed by atoms with Gasteiger partial charge in [-0.05, 0) is 56.0 Å². The SMILES string of the molecule is CCc1ccc(NC(=O)C2CCN(c3ccnc(-c4cccc(C)c4)n3)CC2)cc1. The first kappa shape index (κ1) is 20.1. The molecule has 1 N–H and O–H groups in total. The highest BCUT2D eigenvalue weighted by molar-refractivity contribution is 5.92. The molecule has 0 radical (unpaired) electrons. The monoisotopic (exact) mass is 400 g/mol. The summed E-state index contributed by atoms with van der Waals surface area (Å²) >= 11 is 0. The van der Waals surface area contributed by atoms with Gasteiger partial charge in [-0.2, -0.15) is 0 Å². The van der Waals surface area contributed by atoms with Crippen molar-refractivity contribution < 1.29 is 4.79 Å². The summed E-state index contributed by atoms with van der Waals surface area (Å²) in [7, 11) is 0. The van der Waals surface area contributed by atoms with Crippen LogP contribution in [-0.4, -0.2) is 29.0 Å². The molecule has 154 valence electrons. The van der Waals surface area contributed by atoms with Gasteiger partial charge in [0.1, 0.15) is 5.82 Å². The minimum atomic E-state index is 0.0326. The zero-order valence-corrected chi connectivity index (χ0v) is 17.6. The van der Waals surface area contributed by atoms with Crippen LogP contribution in [0, 0.1) is 12.8 Å². The first-order valence-electron chi connectivity index (χ1n) is 10.7. The molecule has 1 aromatic heterocycles. The first-order chi connectivity index (χ1) is 14.6. The van der Waals surface area contributed by atoms with Crippen molar-refractivity contribution in [3.05, 3.63) is 71.9 Å². The van der Waals surface area contributed by atoms with E-state index in [1.54, 1.807) is 0 Å². The number of nitrogens with one attached hydrogen (secondary N) is 1. The van der Waals surface area contributed by atoms with Gasteiger partial charge in [0.05, 0.1) is 0 Å². The second-order valence-corrected chi connectivity index (χ2v) is 7.91. The Hall–Kier alpha value is -3.21. The fourth-order valence-electron chi connectivity index (χ4n) is 3.89. The summed E-state index contributed by atoms with van der Waals surface area (Å²) in [5.74, 6) is 1.81. The number of carbonyl (C=O) groups excluding carboxylic acids is 1. The van der Waals surface area contributed by atoms with Crippen LogP contribution in [0.4, 0.5) is 11.5 Å². The Kier molecular flexibility index (Phi) is 6.07. The molecule has 0 spiro atoms. The maximum Gasteiger partial charge on any atom is 0.227 e. The Bertz CT molecular complexity index is 1010. The van der Waals surface area contributed by atoms with E-state index in [1.807, 2.05) is 36.5 Å². The molecule has 3 aromatic rings. The molecule has 1 saturated heterocycles. The average molecular weight is 401 g/mol. The standard InChI is InChI=1S/C25H28N4O/c1-3-19-7-9-22(10-8-19)27-25(30)20-12-15-29(16-13-20)23-11-14-26-24(28-23)21-6-4-5-18(2)17-21/h4-11,14,17,20H,3,12-13,15-16H2,1-2H3,(H,27,30). The van der Waals surface area contributed by atoms with Crippen molar-refractivity contribution in [2.45, 2.75) is 33.1 Å². The Labute approximate surface area is 178 Å². The molecule has 0 aliphatic carbocycles. The number of rotatable bonds is 5. The lowest BCUT2D eigenvalue weighted by atomic mass is 9.95. The number of aromatic nitrogens is 2. The van der Waals surface area contributed by atoms with Crippen molar-refractivity contribution in [3.63, 3.8) is 0 Å². The minimum Gasteiger partial charge on any atom is -0.356 e. The normalized spacial score (nSPS) is 14.5. The Morgan fingerprint density at radius 1 is 1.10 bits per heavy atom. The lowest BCUT2D eigenvalue weighted by Crippen LogP contribution is -2.38. The number of aryl methyl sites for hydroxylation is 2. The zero-order valence-electron chi connectivity index (χ0n) is 17.6. The molecular weight excluding hydrogens is 372 g/mol. The molecule has 2 aromatic carbocycles. The zero-order chi connectivity index (χ0) is 20.9. The molecule has 5 nitrogen and oxygen atoms in total. The number of piperidine rings is 1. The van der Waals surface area contributed by atoms with Gasteiger partial charge in [-0.15, -0.1) is 0 Å². The number of anilines is 2. The molecule has 0 unspecified atom stereocenters. The maximum absolute atomic E-state index is 12.7. The van der Waals surface area contributed by atoms with Crippen LogP contribution >= 0.6 is 0 Å². The third kappa shape index (κ3) is 4.67. The van der Waals surface area contributed by atoms with Gasteiger partial charge in [-0.3, -0.25) is 4.79 Å². The van der Waals surface area contributed by atoms with Crippen molar-refractivity contribution in [1.82, 2.24) is 9.97 Å². The molecule has 1 aliphatic rings. The average Bonchev–Trinajstić information content (AvgIpc) is 2.80. The summed E-state index contributed by atoms with van der Waals surface area (Å²) in [4.78, 5) is 24.2. The van der Waals surface area contributed by atoms with Crippen LogP contribution in [0.3, 0.4) is 0 Å². The van der Waals surface area contributed by atoms with Gasteiger partial charge < -0.3 is 10.2 Å². The molecule has 1 aliphatic heterocycles. The van der Waals surface area contributed by atoms with E-state index >= 15 is 0 Å². The smallest absolute Gasteiger partial charge is 0.227 e. The van der Waals surface area contributed by atoms with Gasteiger partial charge in [-0.1, -0.05) is 42.8 Å². The van der Waals surface area contributed by atoms with Gasteiger partial charge in [0, 0.05) is 36.5 Å². The predicted octanol–water partition coefficient (Wildman–Crippen LogP) is 4.87. The predicted molar refractivity (Wildman–Crippen MR) is 122 cm³/mol. The van der Waals surface area contributed by atoms with E-state index < -0.39 is 0 Å². The lowest BCUT2D eigenvalue weighted by Gasteiger charge is -2.32. The highest BCUT2D eigenvalue weighted by Crippen LogP contribution is 2.25. The van der Waals surface area contributed by atoms with Crippen LogP contribution in [0.2, 0.25) is 0 Å². The van der Waals surface area contributed by atoms with Crippen LogP contribution in [0.5, 0.6) is 0 Å². The van der Waals surface area contributed by atoms with Crippen molar-refractivity contribution in [2.75, 3.05) is 23.3 Å². The Balaban J connectivity index is 1.37. The van der Waals surface area contributed by atoms with E-state index in [9.17, 15) is 4.79 Å². The number of carbonyl (C=O) groups is 1. The summed E-state index contributed by atoms with van der Waals surface area (Å²) in [6.45, 7) is 5.83. The highest BCUT2D eigenvalue weighted by atomic mass is 16.1. The molecule has 2 heterocycles. The van der Waals surface area contributed by atoms with Crippen LogP contribution in [-0.2, 0) is 11.2 Å². The number of hydrogen-bond acceptors (Lipinski definition) is 4. The fraction of sp³-hybridized carbons (Fsp3) is 0.320. The summed E-state index contributed by atoms with van der Waals surface area (Å²) in [5.41, 5.74) is 4.37. The van der Waals surface area contributed by atoms with Gasteiger partial charge in [-0.25, -0.2) is 9.97 Å². The number of hydrogen-bond donors (Lipinski definition) is 1. The third-order valence-electron chi connectivity index (χ3n) is 5.74. The van der Waals surface area contributed by atoms with Gasteiger partial charge in [0.15, 0.2) is 5.82 Å². The molecule has 0 atom stereocenters. The summed E-state index contributed by atoms with van der Waals surface area (Å²) in [6, 6.07) is 18.3. The summed E-state index contributed by atoms with van der Waals surface area (Å²) < 4.78 is 0. The second kappa shape index (κ2) is 9.08. The van der Waals surface area contributed by atoms with Crippen LogP contribution in [0.25, 0.3) is 11.4 Å². The fourth-order valence-corrected chi connectivity index (χ4v) is 3.89. The quantitative estimate of drug-likeness (QED) is 0.664. The molecule has 0 bridgehead atoms. The van der Waals surface area contributed by atoms with Gasteiger partial charge in [0.2, 0.25) is 5.91 Å². The topological polar surface area (TPSA) is 58.1 Å². The molecule has 1 fully saturated rings. The van der Waals surface area contributed by atoms with Crippen molar-refractivity contribution >= 4 is 17.4 Å². The Morgan fingerprint density at radius 2 is 1.87 bits per heavy atom. The number of nitrogens with zero attached hydrogens (tertiary/aromatic N) is 3. The second-order valence-electron chi connectivity index (χ2n) is 7.91. The van der Waals surface area contributed by atoms with E-state index in [4.69, 9.17) is 4.98 Å². The van der Waals surface area contributed by atoms with Crippen molar-refractivity contribution in [1.29, 1.82) is 0 Å². The summed E-state index contributed by atoms with van der Waals surface area (Å²) in [5, 5.41) is 3.07. The Morgan fingerprint density at radius 3 is 2.57 bits per heavy atom. The van der Waals surface area contributed by atoms with Crippen LogP contribution in [0.1, 0.15) is 30.9 Å². The van der Waals surface area contributed by atoms with E-state index in [2.05, 4.69) is 53.3 Å². The molecule has 5 heteroatoms. The van der Waals surface area contributed by atoms with Gasteiger partial charge in [0.25, 0.3) is 0 Å². The van der Waals surface area contributed by atoms with E-state index in [0.29, 0.717) is 0 Å². The van der Waals surface area contributed by atoms with E-state index in [0.717, 1.165) is 55.2 Å². The summed E-state index contributed by atoms with van der Waals surface area (Å²) in [6.07, 6.45) is 4.46. The first-order valence-corrected chi connectivity index (χ1v) is 10.7. The third-order valence-corrected chi connectivity index (χ3v) is 5.74. The van der Waals surface area contributed by atoms with E-state index in [1.165, 1.54) is 11.1 Å². The van der Waals surface area contributed by atoms with Gasteiger partial charge >= 0.3 is 0 Å². The molecular formula is C25H28N4O. The van der Waals surface area contributed by atoms with E-state index in [-0.39, 0.29) is 11.8 Å². The minimum absolute atomic E-state index is 0.0326. The lowest BCUT2D eigenvalue weighted by molar-refractivity contribution is -0.120. The van der Waals surface area contributed by atoms with Crippen LogP contribution < -0.4 is 10.2 Å². The largest absolute Gasteiger partial charge is 0.356 e. The number of amides is 1. The highest BCUT2D eigenvalue weighted by Gasteiger charge is 2.26. The van der Waals surface area contributed by atoms with Crippen molar-refractivity contribution in [3.8, 4) is 11.4 Å². The number of benzene rings is 2. The van der Waals surface area contributed by atoms with Crippen molar-refractivity contribution in [2.24, 2.45) is 5.92 Å².